The first-order chi connectivity index (χ1) is 7.25. The van der Waals surface area contributed by atoms with Crippen molar-refractivity contribution in [3.05, 3.63) is 29.5 Å². The number of carbonyl (C=O) groups is 1. The highest BCUT2D eigenvalue weighted by Crippen LogP contribution is 2.41. The van der Waals surface area contributed by atoms with Crippen LogP contribution in [-0.4, -0.2) is 16.0 Å². The minimum absolute atomic E-state index is 0.0906. The summed E-state index contributed by atoms with van der Waals surface area (Å²) in [7, 11) is 0. The SMILES string of the molecule is CC(=O)c1ccc2c(C3CC3)[nH]nc2c1. The number of H-pyrrole nitrogens is 1. The van der Waals surface area contributed by atoms with E-state index in [1.165, 1.54) is 23.9 Å². The molecule has 1 heterocycles. The largest absolute Gasteiger partial charge is 0.295 e. The summed E-state index contributed by atoms with van der Waals surface area (Å²) in [5.74, 6) is 0.756. The fourth-order valence-corrected chi connectivity index (χ4v) is 1.93. The molecule has 0 spiro atoms. The molecule has 1 aromatic carbocycles. The normalized spacial score (nSPS) is 15.8. The molecule has 2 aromatic rings. The second-order valence-electron chi connectivity index (χ2n) is 4.20. The lowest BCUT2D eigenvalue weighted by atomic mass is 10.1. The van der Waals surface area contributed by atoms with E-state index in [1.807, 2.05) is 18.2 Å². The Hall–Kier alpha value is -1.64. The van der Waals surface area contributed by atoms with Crippen LogP contribution in [0, 0.1) is 0 Å². The zero-order valence-electron chi connectivity index (χ0n) is 8.58. The number of hydrogen-bond donors (Lipinski definition) is 1. The highest BCUT2D eigenvalue weighted by Gasteiger charge is 2.27. The Balaban J connectivity index is 2.17. The number of fused-ring (bicyclic) bond motifs is 1. The van der Waals surface area contributed by atoms with Crippen molar-refractivity contribution in [2.45, 2.75) is 25.7 Å². The van der Waals surface area contributed by atoms with E-state index in [1.54, 1.807) is 6.92 Å². The number of hydrogen-bond acceptors (Lipinski definition) is 2. The number of Topliss-reactive ketones (excluding diaryl/α,β-unsaturated/α-hetero) is 1. The van der Waals surface area contributed by atoms with Crippen LogP contribution < -0.4 is 0 Å². The first-order valence-electron chi connectivity index (χ1n) is 5.24. The molecule has 76 valence electrons. The van der Waals surface area contributed by atoms with Gasteiger partial charge in [-0.1, -0.05) is 12.1 Å². The van der Waals surface area contributed by atoms with Gasteiger partial charge in [0.05, 0.1) is 5.52 Å². The monoisotopic (exact) mass is 200 g/mol. The first-order valence-corrected chi connectivity index (χ1v) is 5.24. The van der Waals surface area contributed by atoms with Crippen molar-refractivity contribution < 1.29 is 4.79 Å². The van der Waals surface area contributed by atoms with Crippen LogP contribution >= 0.6 is 0 Å². The van der Waals surface area contributed by atoms with Gasteiger partial charge >= 0.3 is 0 Å². The zero-order chi connectivity index (χ0) is 10.4. The number of aromatic amines is 1. The third-order valence-corrected chi connectivity index (χ3v) is 2.98. The van der Waals surface area contributed by atoms with Crippen LogP contribution in [0.4, 0.5) is 0 Å². The van der Waals surface area contributed by atoms with Crippen LogP contribution in [0.5, 0.6) is 0 Å². The molecule has 3 heteroatoms. The van der Waals surface area contributed by atoms with Crippen LogP contribution in [0.2, 0.25) is 0 Å². The van der Waals surface area contributed by atoms with Gasteiger partial charge in [0.2, 0.25) is 0 Å². The maximum absolute atomic E-state index is 11.2. The number of nitrogens with one attached hydrogen (secondary N) is 1. The van der Waals surface area contributed by atoms with Crippen molar-refractivity contribution in [3.8, 4) is 0 Å². The lowest BCUT2D eigenvalue weighted by molar-refractivity contribution is 0.101. The topological polar surface area (TPSA) is 45.8 Å². The van der Waals surface area contributed by atoms with Crippen LogP contribution in [0.1, 0.15) is 41.7 Å². The van der Waals surface area contributed by atoms with Gasteiger partial charge in [0.25, 0.3) is 0 Å². The first kappa shape index (κ1) is 8.65. The van der Waals surface area contributed by atoms with E-state index >= 15 is 0 Å². The Labute approximate surface area is 87.5 Å². The lowest BCUT2D eigenvalue weighted by Crippen LogP contribution is -1.90. The maximum atomic E-state index is 11.2. The summed E-state index contributed by atoms with van der Waals surface area (Å²) in [6, 6.07) is 5.75. The van der Waals surface area contributed by atoms with Gasteiger partial charge in [0, 0.05) is 22.6 Å². The van der Waals surface area contributed by atoms with Crippen molar-refractivity contribution in [2.24, 2.45) is 0 Å². The molecule has 1 aliphatic rings. The summed E-state index contributed by atoms with van der Waals surface area (Å²) >= 11 is 0. The van der Waals surface area contributed by atoms with Gasteiger partial charge in [0.1, 0.15) is 0 Å². The quantitative estimate of drug-likeness (QED) is 0.757. The summed E-state index contributed by atoms with van der Waals surface area (Å²) in [6.07, 6.45) is 2.51. The lowest BCUT2D eigenvalue weighted by Gasteiger charge is -1.96. The molecule has 0 atom stereocenters. The van der Waals surface area contributed by atoms with Gasteiger partial charge in [-0.3, -0.25) is 9.89 Å². The Kier molecular flexibility index (Phi) is 1.69. The minimum Gasteiger partial charge on any atom is -0.295 e. The number of carbonyl (C=O) groups excluding carboxylic acids is 1. The molecule has 1 saturated carbocycles. The summed E-state index contributed by atoms with van der Waals surface area (Å²) in [4.78, 5) is 11.2. The van der Waals surface area contributed by atoms with Gasteiger partial charge in [-0.2, -0.15) is 5.10 Å². The molecule has 15 heavy (non-hydrogen) atoms. The zero-order valence-corrected chi connectivity index (χ0v) is 8.58. The van der Waals surface area contributed by atoms with Gasteiger partial charge < -0.3 is 0 Å². The van der Waals surface area contributed by atoms with E-state index in [4.69, 9.17) is 0 Å². The highest BCUT2D eigenvalue weighted by atomic mass is 16.1. The fourth-order valence-electron chi connectivity index (χ4n) is 1.93. The van der Waals surface area contributed by atoms with E-state index in [9.17, 15) is 4.79 Å². The second-order valence-corrected chi connectivity index (χ2v) is 4.20. The average molecular weight is 200 g/mol. The number of ketones is 1. The molecule has 1 aromatic heterocycles. The van der Waals surface area contributed by atoms with Crippen molar-refractivity contribution in [3.63, 3.8) is 0 Å². The molecule has 1 N–H and O–H groups in total. The average Bonchev–Trinajstić information content (AvgIpc) is 2.98. The van der Waals surface area contributed by atoms with Gasteiger partial charge in [-0.25, -0.2) is 0 Å². The van der Waals surface area contributed by atoms with E-state index < -0.39 is 0 Å². The van der Waals surface area contributed by atoms with Gasteiger partial charge in [0.15, 0.2) is 5.78 Å². The summed E-state index contributed by atoms with van der Waals surface area (Å²) < 4.78 is 0. The molecule has 0 radical (unpaired) electrons. The van der Waals surface area contributed by atoms with E-state index in [0.717, 1.165) is 11.1 Å². The van der Waals surface area contributed by atoms with Crippen molar-refractivity contribution in [1.82, 2.24) is 10.2 Å². The van der Waals surface area contributed by atoms with Crippen LogP contribution in [0.15, 0.2) is 18.2 Å². The summed E-state index contributed by atoms with van der Waals surface area (Å²) in [5.41, 5.74) is 2.88. The van der Waals surface area contributed by atoms with Crippen molar-refractivity contribution >= 4 is 16.7 Å². The Morgan fingerprint density at radius 3 is 2.93 bits per heavy atom. The van der Waals surface area contributed by atoms with E-state index in [0.29, 0.717) is 5.92 Å². The van der Waals surface area contributed by atoms with E-state index in [-0.39, 0.29) is 5.78 Å². The van der Waals surface area contributed by atoms with Crippen LogP contribution in [-0.2, 0) is 0 Å². The van der Waals surface area contributed by atoms with Crippen molar-refractivity contribution in [2.75, 3.05) is 0 Å². The van der Waals surface area contributed by atoms with Gasteiger partial charge in [-0.15, -0.1) is 0 Å². The maximum Gasteiger partial charge on any atom is 0.159 e. The third kappa shape index (κ3) is 1.35. The smallest absolute Gasteiger partial charge is 0.159 e. The number of nitrogens with zero attached hydrogens (tertiary/aromatic N) is 1. The predicted molar refractivity (Wildman–Crippen MR) is 58.1 cm³/mol. The van der Waals surface area contributed by atoms with E-state index in [2.05, 4.69) is 10.2 Å². The van der Waals surface area contributed by atoms with Crippen molar-refractivity contribution in [1.29, 1.82) is 0 Å². The standard InChI is InChI=1S/C12H12N2O/c1-7(15)9-4-5-10-11(6-9)13-14-12(10)8-2-3-8/h4-6,8H,2-3H2,1H3,(H,13,14). The molecule has 0 aliphatic heterocycles. The second kappa shape index (κ2) is 2.92. The Morgan fingerprint density at radius 1 is 1.47 bits per heavy atom. The summed E-state index contributed by atoms with van der Waals surface area (Å²) in [6.45, 7) is 1.58. The fraction of sp³-hybridized carbons (Fsp3) is 0.333. The molecule has 0 saturated heterocycles. The number of benzene rings is 1. The minimum atomic E-state index is 0.0906. The summed E-state index contributed by atoms with van der Waals surface area (Å²) in [5, 5.41) is 8.50. The molecular weight excluding hydrogens is 188 g/mol. The van der Waals surface area contributed by atoms with Crippen LogP contribution in [0.25, 0.3) is 10.9 Å². The molecule has 0 amide bonds. The molecule has 1 fully saturated rings. The molecule has 3 rings (SSSR count). The molecule has 1 aliphatic carbocycles. The Morgan fingerprint density at radius 2 is 2.27 bits per heavy atom. The Bertz CT molecular complexity index is 538. The number of rotatable bonds is 2. The van der Waals surface area contributed by atoms with Gasteiger partial charge in [-0.05, 0) is 25.8 Å². The molecular formula is C12H12N2O. The predicted octanol–water partition coefficient (Wildman–Crippen LogP) is 2.64. The third-order valence-electron chi connectivity index (χ3n) is 2.98. The molecule has 3 nitrogen and oxygen atoms in total. The highest BCUT2D eigenvalue weighted by molar-refractivity contribution is 5.98. The number of aromatic nitrogens is 2. The van der Waals surface area contributed by atoms with Crippen LogP contribution in [0.3, 0.4) is 0 Å². The molecule has 0 bridgehead atoms. The molecule has 0 unspecified atom stereocenters.